The minimum atomic E-state index is -0.298. The van der Waals surface area contributed by atoms with Gasteiger partial charge in [0, 0.05) is 17.4 Å². The van der Waals surface area contributed by atoms with Crippen LogP contribution in [0.25, 0.3) is 17.1 Å². The molecule has 0 saturated heterocycles. The second-order valence-corrected chi connectivity index (χ2v) is 5.62. The maximum Gasteiger partial charge on any atom is 0.276 e. The zero-order chi connectivity index (χ0) is 18.6. The smallest absolute Gasteiger partial charge is 0.276 e. The topological polar surface area (TPSA) is 95.1 Å². The molecule has 0 bridgehead atoms. The van der Waals surface area contributed by atoms with Crippen LogP contribution in [-0.4, -0.2) is 33.0 Å². The standard InChI is InChI=1S/C19H15N5O3/c1-26-16-8-6-15(7-9-16)24-11-10-17(23-24)18(25)21-14-4-2-13(3-5-14)19-22-20-12-27-19/h2-12H,1H3,(H,21,25). The van der Waals surface area contributed by atoms with Gasteiger partial charge in [0.2, 0.25) is 12.3 Å². The summed E-state index contributed by atoms with van der Waals surface area (Å²) < 4.78 is 11.9. The van der Waals surface area contributed by atoms with E-state index in [4.69, 9.17) is 9.15 Å². The minimum Gasteiger partial charge on any atom is -0.497 e. The number of benzene rings is 2. The summed E-state index contributed by atoms with van der Waals surface area (Å²) in [7, 11) is 1.61. The lowest BCUT2D eigenvalue weighted by molar-refractivity contribution is 0.102. The molecule has 0 atom stereocenters. The molecule has 0 fully saturated rings. The molecule has 4 rings (SSSR count). The van der Waals surface area contributed by atoms with Gasteiger partial charge in [-0.2, -0.15) is 5.10 Å². The van der Waals surface area contributed by atoms with Gasteiger partial charge in [-0.05, 0) is 54.6 Å². The van der Waals surface area contributed by atoms with Gasteiger partial charge in [0.05, 0.1) is 12.8 Å². The number of rotatable bonds is 5. The number of hydrogen-bond donors (Lipinski definition) is 1. The molecular weight excluding hydrogens is 346 g/mol. The summed E-state index contributed by atoms with van der Waals surface area (Å²) in [6.07, 6.45) is 3.00. The Morgan fingerprint density at radius 1 is 1.07 bits per heavy atom. The van der Waals surface area contributed by atoms with Crippen LogP contribution < -0.4 is 10.1 Å². The maximum absolute atomic E-state index is 12.4. The van der Waals surface area contributed by atoms with Crippen molar-refractivity contribution in [3.8, 4) is 22.9 Å². The van der Waals surface area contributed by atoms with Crippen LogP contribution in [0.3, 0.4) is 0 Å². The Labute approximate surface area is 154 Å². The second kappa shape index (κ2) is 7.12. The molecule has 0 aliphatic carbocycles. The van der Waals surface area contributed by atoms with E-state index in [1.807, 2.05) is 24.3 Å². The van der Waals surface area contributed by atoms with Crippen LogP contribution in [0.15, 0.2) is 71.6 Å². The summed E-state index contributed by atoms with van der Waals surface area (Å²) in [5.74, 6) is 0.881. The van der Waals surface area contributed by atoms with Crippen LogP contribution in [0.4, 0.5) is 5.69 Å². The third-order valence-electron chi connectivity index (χ3n) is 3.91. The van der Waals surface area contributed by atoms with Crippen molar-refractivity contribution in [1.29, 1.82) is 0 Å². The van der Waals surface area contributed by atoms with Crippen LogP contribution in [0.1, 0.15) is 10.5 Å². The van der Waals surface area contributed by atoms with Gasteiger partial charge in [0.15, 0.2) is 5.69 Å². The molecule has 0 spiro atoms. The van der Waals surface area contributed by atoms with Crippen molar-refractivity contribution in [2.75, 3.05) is 12.4 Å². The van der Waals surface area contributed by atoms with Gasteiger partial charge >= 0.3 is 0 Å². The van der Waals surface area contributed by atoms with Gasteiger partial charge in [-0.1, -0.05) is 0 Å². The van der Waals surface area contributed by atoms with E-state index in [1.165, 1.54) is 6.39 Å². The van der Waals surface area contributed by atoms with Crippen molar-refractivity contribution in [1.82, 2.24) is 20.0 Å². The van der Waals surface area contributed by atoms with Crippen molar-refractivity contribution in [3.05, 3.63) is 72.9 Å². The van der Waals surface area contributed by atoms with Gasteiger partial charge in [-0.15, -0.1) is 10.2 Å². The number of carbonyl (C=O) groups is 1. The highest BCUT2D eigenvalue weighted by molar-refractivity contribution is 6.02. The SMILES string of the molecule is COc1ccc(-n2ccc(C(=O)Nc3ccc(-c4nnco4)cc3)n2)cc1. The molecule has 0 saturated carbocycles. The minimum absolute atomic E-state index is 0.298. The lowest BCUT2D eigenvalue weighted by atomic mass is 10.2. The fourth-order valence-corrected chi connectivity index (χ4v) is 2.51. The number of amides is 1. The quantitative estimate of drug-likeness (QED) is 0.587. The van der Waals surface area contributed by atoms with Crippen LogP contribution in [-0.2, 0) is 0 Å². The summed E-state index contributed by atoms with van der Waals surface area (Å²) in [6, 6.07) is 16.2. The predicted molar refractivity (Wildman–Crippen MR) is 97.8 cm³/mol. The zero-order valence-electron chi connectivity index (χ0n) is 14.4. The fraction of sp³-hybridized carbons (Fsp3) is 0.0526. The molecule has 27 heavy (non-hydrogen) atoms. The van der Waals surface area contributed by atoms with Gasteiger partial charge in [0.25, 0.3) is 5.91 Å². The average molecular weight is 361 g/mol. The Morgan fingerprint density at radius 2 is 1.85 bits per heavy atom. The molecule has 1 amide bonds. The molecule has 8 heteroatoms. The summed E-state index contributed by atoms with van der Waals surface area (Å²) in [5, 5.41) is 14.6. The second-order valence-electron chi connectivity index (χ2n) is 5.62. The van der Waals surface area contributed by atoms with Crippen LogP contribution in [0, 0.1) is 0 Å². The Morgan fingerprint density at radius 3 is 2.52 bits per heavy atom. The Balaban J connectivity index is 1.46. The summed E-state index contributed by atoms with van der Waals surface area (Å²) in [4.78, 5) is 12.4. The molecule has 8 nitrogen and oxygen atoms in total. The van der Waals surface area contributed by atoms with Gasteiger partial charge < -0.3 is 14.5 Å². The van der Waals surface area contributed by atoms with Crippen LogP contribution in [0.5, 0.6) is 5.75 Å². The third-order valence-corrected chi connectivity index (χ3v) is 3.91. The number of methoxy groups -OCH3 is 1. The molecule has 0 radical (unpaired) electrons. The monoisotopic (exact) mass is 361 g/mol. The van der Waals surface area contributed by atoms with Crippen molar-refractivity contribution in [3.63, 3.8) is 0 Å². The highest BCUT2D eigenvalue weighted by Gasteiger charge is 2.11. The van der Waals surface area contributed by atoms with Gasteiger partial charge in [0.1, 0.15) is 5.75 Å². The van der Waals surface area contributed by atoms with Gasteiger partial charge in [-0.25, -0.2) is 4.68 Å². The number of aromatic nitrogens is 4. The average Bonchev–Trinajstić information content (AvgIpc) is 3.41. The molecular formula is C19H15N5O3. The number of hydrogen-bond acceptors (Lipinski definition) is 6. The van der Waals surface area contributed by atoms with Crippen LogP contribution >= 0.6 is 0 Å². The molecule has 2 aromatic heterocycles. The first-order valence-corrected chi connectivity index (χ1v) is 8.11. The molecule has 134 valence electrons. The van der Waals surface area contributed by atoms with Gasteiger partial charge in [-0.3, -0.25) is 4.79 Å². The first kappa shape index (κ1) is 16.5. The molecule has 1 N–H and O–H groups in total. The molecule has 2 heterocycles. The Bertz CT molecular complexity index is 1040. The molecule has 4 aromatic rings. The number of ether oxygens (including phenoxy) is 1. The normalized spacial score (nSPS) is 10.6. The van der Waals surface area contributed by atoms with E-state index in [2.05, 4.69) is 20.6 Å². The fourth-order valence-electron chi connectivity index (χ4n) is 2.51. The third kappa shape index (κ3) is 3.54. The van der Waals surface area contributed by atoms with E-state index < -0.39 is 0 Å². The van der Waals surface area contributed by atoms with E-state index >= 15 is 0 Å². The molecule has 0 unspecified atom stereocenters. The Kier molecular flexibility index (Phi) is 4.36. The first-order chi connectivity index (χ1) is 13.2. The van der Waals surface area contributed by atoms with E-state index in [0.717, 1.165) is 17.0 Å². The highest BCUT2D eigenvalue weighted by atomic mass is 16.5. The predicted octanol–water partition coefficient (Wildman–Crippen LogP) is 3.18. The lowest BCUT2D eigenvalue weighted by Gasteiger charge is -2.05. The van der Waals surface area contributed by atoms with Crippen molar-refractivity contribution >= 4 is 11.6 Å². The van der Waals surface area contributed by atoms with Crippen molar-refractivity contribution in [2.24, 2.45) is 0 Å². The number of carbonyl (C=O) groups excluding carboxylic acids is 1. The number of nitrogens with one attached hydrogen (secondary N) is 1. The maximum atomic E-state index is 12.4. The summed E-state index contributed by atoms with van der Waals surface area (Å²) in [6.45, 7) is 0. The van der Waals surface area contributed by atoms with Crippen molar-refractivity contribution in [2.45, 2.75) is 0 Å². The van der Waals surface area contributed by atoms with E-state index in [9.17, 15) is 4.79 Å². The summed E-state index contributed by atoms with van der Waals surface area (Å²) >= 11 is 0. The van der Waals surface area contributed by atoms with E-state index in [0.29, 0.717) is 17.3 Å². The lowest BCUT2D eigenvalue weighted by Crippen LogP contribution is -2.13. The van der Waals surface area contributed by atoms with E-state index in [-0.39, 0.29) is 5.91 Å². The largest absolute Gasteiger partial charge is 0.497 e. The molecule has 0 aliphatic rings. The first-order valence-electron chi connectivity index (χ1n) is 8.11. The highest BCUT2D eigenvalue weighted by Crippen LogP contribution is 2.19. The molecule has 0 aliphatic heterocycles. The van der Waals surface area contributed by atoms with E-state index in [1.54, 1.807) is 48.3 Å². The number of anilines is 1. The number of nitrogens with zero attached hydrogens (tertiary/aromatic N) is 4. The molecule has 2 aromatic carbocycles. The van der Waals surface area contributed by atoms with Crippen LogP contribution in [0.2, 0.25) is 0 Å². The zero-order valence-corrected chi connectivity index (χ0v) is 14.4. The summed E-state index contributed by atoms with van der Waals surface area (Å²) in [5.41, 5.74) is 2.56. The Hall–Kier alpha value is -3.94. The van der Waals surface area contributed by atoms with Crippen molar-refractivity contribution < 1.29 is 13.9 Å².